The Kier molecular flexibility index (Phi) is 4.83. The second-order valence-electron chi connectivity index (χ2n) is 5.21. The zero-order valence-corrected chi connectivity index (χ0v) is 14.6. The highest BCUT2D eigenvalue weighted by atomic mass is 35.5. The molecular formula is C17H12Cl2N4O2. The minimum atomic E-state index is -0.442. The van der Waals surface area contributed by atoms with Crippen molar-refractivity contribution in [3.63, 3.8) is 0 Å². The maximum Gasteiger partial charge on any atom is 0.269 e. The number of nitro benzene ring substituents is 1. The van der Waals surface area contributed by atoms with Crippen molar-refractivity contribution < 1.29 is 4.92 Å². The molecule has 0 unspecified atom stereocenters. The zero-order valence-electron chi connectivity index (χ0n) is 13.1. The molecule has 0 atom stereocenters. The van der Waals surface area contributed by atoms with Crippen molar-refractivity contribution >= 4 is 41.0 Å². The zero-order chi connectivity index (χ0) is 18.0. The molecule has 0 saturated carbocycles. The summed E-state index contributed by atoms with van der Waals surface area (Å²) in [5, 5.41) is 20.1. The highest BCUT2D eigenvalue weighted by molar-refractivity contribution is 6.37. The molecule has 6 nitrogen and oxygen atoms in total. The van der Waals surface area contributed by atoms with E-state index >= 15 is 0 Å². The lowest BCUT2D eigenvalue weighted by molar-refractivity contribution is -0.384. The number of hydrogen-bond donors (Lipinski definition) is 0. The smallest absolute Gasteiger partial charge is 0.269 e. The predicted molar refractivity (Wildman–Crippen MR) is 98.5 cm³/mol. The van der Waals surface area contributed by atoms with E-state index in [0.29, 0.717) is 27.3 Å². The van der Waals surface area contributed by atoms with Gasteiger partial charge < -0.3 is 4.57 Å². The van der Waals surface area contributed by atoms with Crippen molar-refractivity contribution in [2.24, 2.45) is 7.05 Å². The number of aromatic nitrogens is 3. The monoisotopic (exact) mass is 374 g/mol. The molecule has 0 amide bonds. The van der Waals surface area contributed by atoms with Gasteiger partial charge in [-0.3, -0.25) is 10.1 Å². The van der Waals surface area contributed by atoms with E-state index in [0.717, 1.165) is 5.56 Å². The van der Waals surface area contributed by atoms with Crippen LogP contribution < -0.4 is 0 Å². The molecule has 0 aliphatic carbocycles. The molecule has 8 heteroatoms. The fourth-order valence-corrected chi connectivity index (χ4v) is 2.82. The number of nitrogens with zero attached hydrogens (tertiary/aromatic N) is 4. The first kappa shape index (κ1) is 17.1. The van der Waals surface area contributed by atoms with Crippen LogP contribution in [0.2, 0.25) is 10.0 Å². The summed E-state index contributed by atoms with van der Waals surface area (Å²) >= 11 is 12.3. The van der Waals surface area contributed by atoms with Crippen LogP contribution in [-0.2, 0) is 7.05 Å². The fraction of sp³-hybridized carbons (Fsp3) is 0.0588. The molecule has 0 aliphatic heterocycles. The van der Waals surface area contributed by atoms with E-state index in [2.05, 4.69) is 10.2 Å². The molecule has 0 aliphatic rings. The van der Waals surface area contributed by atoms with E-state index in [-0.39, 0.29) is 5.69 Å². The molecular weight excluding hydrogens is 363 g/mol. The Balaban J connectivity index is 1.91. The van der Waals surface area contributed by atoms with Crippen molar-refractivity contribution in [3.05, 3.63) is 74.0 Å². The summed E-state index contributed by atoms with van der Waals surface area (Å²) in [6.45, 7) is 0. The van der Waals surface area contributed by atoms with E-state index < -0.39 is 4.92 Å². The maximum atomic E-state index is 10.7. The number of hydrogen-bond acceptors (Lipinski definition) is 4. The van der Waals surface area contributed by atoms with E-state index in [4.69, 9.17) is 23.2 Å². The molecule has 1 heterocycles. The molecule has 3 aromatic rings. The van der Waals surface area contributed by atoms with Crippen LogP contribution in [0.5, 0.6) is 0 Å². The Labute approximate surface area is 153 Å². The van der Waals surface area contributed by atoms with E-state index in [1.807, 2.05) is 7.05 Å². The highest BCUT2D eigenvalue weighted by Crippen LogP contribution is 2.27. The molecule has 3 rings (SSSR count). The second-order valence-corrected chi connectivity index (χ2v) is 6.03. The van der Waals surface area contributed by atoms with Crippen LogP contribution in [0.25, 0.3) is 23.5 Å². The normalized spacial score (nSPS) is 11.2. The minimum Gasteiger partial charge on any atom is -0.311 e. The lowest BCUT2D eigenvalue weighted by Gasteiger charge is -2.03. The Bertz CT molecular complexity index is 945. The Morgan fingerprint density at radius 3 is 2.28 bits per heavy atom. The van der Waals surface area contributed by atoms with Crippen LogP contribution in [0.3, 0.4) is 0 Å². The van der Waals surface area contributed by atoms with Gasteiger partial charge >= 0.3 is 0 Å². The van der Waals surface area contributed by atoms with Gasteiger partial charge in [-0.2, -0.15) is 0 Å². The van der Waals surface area contributed by atoms with Gasteiger partial charge in [0.2, 0.25) is 0 Å². The van der Waals surface area contributed by atoms with E-state index in [1.165, 1.54) is 12.1 Å². The first-order chi connectivity index (χ1) is 12.0. The Hall–Kier alpha value is -2.70. The molecule has 0 bridgehead atoms. The van der Waals surface area contributed by atoms with Crippen molar-refractivity contribution in [1.29, 1.82) is 0 Å². The van der Waals surface area contributed by atoms with Crippen molar-refractivity contribution in [3.8, 4) is 11.4 Å². The number of halogens is 2. The highest BCUT2D eigenvalue weighted by Gasteiger charge is 2.11. The Morgan fingerprint density at radius 1 is 1.04 bits per heavy atom. The number of non-ortho nitro benzene ring substituents is 1. The molecule has 25 heavy (non-hydrogen) atoms. The summed E-state index contributed by atoms with van der Waals surface area (Å²) in [7, 11) is 1.81. The molecule has 0 fully saturated rings. The van der Waals surface area contributed by atoms with Crippen molar-refractivity contribution in [1.82, 2.24) is 14.8 Å². The van der Waals surface area contributed by atoms with Crippen molar-refractivity contribution in [2.75, 3.05) is 0 Å². The molecule has 126 valence electrons. The van der Waals surface area contributed by atoms with Gasteiger partial charge in [-0.1, -0.05) is 29.3 Å². The van der Waals surface area contributed by atoms with Gasteiger partial charge in [0.15, 0.2) is 11.6 Å². The van der Waals surface area contributed by atoms with E-state index in [1.54, 1.807) is 47.1 Å². The summed E-state index contributed by atoms with van der Waals surface area (Å²) in [6, 6.07) is 11.4. The van der Waals surface area contributed by atoms with Gasteiger partial charge in [0.05, 0.1) is 4.92 Å². The predicted octanol–water partition coefficient (Wildman–Crippen LogP) is 4.87. The first-order valence-electron chi connectivity index (χ1n) is 7.23. The van der Waals surface area contributed by atoms with Crippen LogP contribution in [0.15, 0.2) is 42.5 Å². The molecule has 1 aromatic heterocycles. The maximum absolute atomic E-state index is 10.7. The van der Waals surface area contributed by atoms with E-state index in [9.17, 15) is 10.1 Å². The summed E-state index contributed by atoms with van der Waals surface area (Å²) < 4.78 is 1.78. The summed E-state index contributed by atoms with van der Waals surface area (Å²) in [6.07, 6.45) is 3.53. The van der Waals surface area contributed by atoms with Gasteiger partial charge in [0, 0.05) is 40.4 Å². The number of rotatable bonds is 4. The molecule has 2 aromatic carbocycles. The van der Waals surface area contributed by atoms with Crippen LogP contribution in [-0.4, -0.2) is 19.7 Å². The fourth-order valence-electron chi connectivity index (χ4n) is 2.30. The molecule has 0 saturated heterocycles. The lowest BCUT2D eigenvalue weighted by atomic mass is 10.2. The third kappa shape index (κ3) is 3.55. The molecule has 0 spiro atoms. The lowest BCUT2D eigenvalue weighted by Crippen LogP contribution is -1.95. The Morgan fingerprint density at radius 2 is 1.68 bits per heavy atom. The summed E-state index contributed by atoms with van der Waals surface area (Å²) in [5.74, 6) is 1.20. The molecule has 0 N–H and O–H groups in total. The summed E-state index contributed by atoms with van der Waals surface area (Å²) in [5.41, 5.74) is 1.46. The van der Waals surface area contributed by atoms with Crippen LogP contribution in [0, 0.1) is 10.1 Å². The van der Waals surface area contributed by atoms with Crippen molar-refractivity contribution in [2.45, 2.75) is 0 Å². The third-order valence-electron chi connectivity index (χ3n) is 3.64. The summed E-state index contributed by atoms with van der Waals surface area (Å²) in [4.78, 5) is 10.3. The van der Waals surface area contributed by atoms with Crippen LogP contribution in [0.1, 0.15) is 11.4 Å². The van der Waals surface area contributed by atoms with Gasteiger partial charge in [-0.25, -0.2) is 0 Å². The standard InChI is InChI=1S/C17H12Cl2N4O2/c1-22-16(10-9-13-14(18)3-2-4-15(13)19)20-21-17(22)11-5-7-12(8-6-11)23(24)25/h2-10H,1H3/b10-9+. The van der Waals surface area contributed by atoms with Crippen LogP contribution in [0.4, 0.5) is 5.69 Å². The van der Waals surface area contributed by atoms with Gasteiger partial charge in [0.25, 0.3) is 5.69 Å². The topological polar surface area (TPSA) is 73.8 Å². The molecule has 0 radical (unpaired) electrons. The quantitative estimate of drug-likeness (QED) is 0.482. The minimum absolute atomic E-state index is 0.0272. The largest absolute Gasteiger partial charge is 0.311 e. The average Bonchev–Trinajstić information content (AvgIpc) is 2.95. The van der Waals surface area contributed by atoms with Gasteiger partial charge in [-0.15, -0.1) is 10.2 Å². The first-order valence-corrected chi connectivity index (χ1v) is 7.99. The average molecular weight is 375 g/mol. The van der Waals surface area contributed by atoms with Gasteiger partial charge in [-0.05, 0) is 36.4 Å². The van der Waals surface area contributed by atoms with Gasteiger partial charge in [0.1, 0.15) is 0 Å². The third-order valence-corrected chi connectivity index (χ3v) is 4.30. The van der Waals surface area contributed by atoms with Crippen LogP contribution >= 0.6 is 23.2 Å². The second kappa shape index (κ2) is 7.04. The number of benzene rings is 2. The number of nitro groups is 1. The SMILES string of the molecule is Cn1c(/C=C/c2c(Cl)cccc2Cl)nnc1-c1ccc([N+](=O)[O-])cc1.